The first kappa shape index (κ1) is 19.1. The Kier molecular flexibility index (Phi) is 4.34. The van der Waals surface area contributed by atoms with Gasteiger partial charge in [0.2, 0.25) is 5.72 Å². The number of aromatic nitrogens is 1. The number of carbonyl (C=O) groups excluding carboxylic acids is 1. The lowest BCUT2D eigenvalue weighted by atomic mass is 9.81. The summed E-state index contributed by atoms with van der Waals surface area (Å²) in [6, 6.07) is 14.1. The van der Waals surface area contributed by atoms with Crippen LogP contribution in [0.2, 0.25) is 5.02 Å². The number of carbonyl (C=O) groups is 1. The monoisotopic (exact) mass is 440 g/mol. The molecule has 2 aromatic carbocycles. The summed E-state index contributed by atoms with van der Waals surface area (Å²) in [6.45, 7) is 1.76. The van der Waals surface area contributed by atoms with Crippen molar-refractivity contribution in [2.24, 2.45) is 10.9 Å². The summed E-state index contributed by atoms with van der Waals surface area (Å²) in [5, 5.41) is 0.626. The highest BCUT2D eigenvalue weighted by molar-refractivity contribution is 7.07. The van der Waals surface area contributed by atoms with E-state index in [-0.39, 0.29) is 5.56 Å². The molecule has 0 radical (unpaired) electrons. The van der Waals surface area contributed by atoms with E-state index in [0.717, 1.165) is 11.1 Å². The number of rotatable bonds is 2. The lowest BCUT2D eigenvalue weighted by Gasteiger charge is -2.44. The lowest BCUT2D eigenvalue weighted by molar-refractivity contribution is -0.158. The van der Waals surface area contributed by atoms with Crippen molar-refractivity contribution in [2.45, 2.75) is 18.7 Å². The molecular weight excluding hydrogens is 424 g/mol. The molecule has 0 saturated carbocycles. The molecule has 0 fully saturated rings. The second kappa shape index (κ2) is 6.82. The second-order valence-electron chi connectivity index (χ2n) is 7.37. The van der Waals surface area contributed by atoms with Crippen molar-refractivity contribution in [2.75, 3.05) is 7.11 Å². The smallest absolute Gasteiger partial charge is 0.317 e. The zero-order chi connectivity index (χ0) is 21.0. The molecule has 30 heavy (non-hydrogen) atoms. The van der Waals surface area contributed by atoms with Gasteiger partial charge in [-0.3, -0.25) is 14.2 Å². The van der Waals surface area contributed by atoms with Gasteiger partial charge in [-0.1, -0.05) is 53.3 Å². The first-order valence-corrected chi connectivity index (χ1v) is 10.5. The van der Waals surface area contributed by atoms with Crippen LogP contribution in [0.5, 0.6) is 5.75 Å². The first-order chi connectivity index (χ1) is 14.4. The molecule has 0 spiro atoms. The van der Waals surface area contributed by atoms with Crippen LogP contribution in [-0.2, 0) is 9.53 Å². The fourth-order valence-electron chi connectivity index (χ4n) is 4.14. The minimum atomic E-state index is -1.17. The Bertz CT molecular complexity index is 1340. The largest absolute Gasteiger partial charge is 0.469 e. The van der Waals surface area contributed by atoms with E-state index in [2.05, 4.69) is 0 Å². The lowest BCUT2D eigenvalue weighted by Crippen LogP contribution is -2.58. The van der Waals surface area contributed by atoms with Gasteiger partial charge < -0.3 is 9.47 Å². The molecule has 3 atom stereocenters. The van der Waals surface area contributed by atoms with Gasteiger partial charge in [-0.15, -0.1) is 0 Å². The summed E-state index contributed by atoms with van der Waals surface area (Å²) in [6.07, 6.45) is 1.80. The molecule has 0 amide bonds. The number of esters is 1. The molecule has 0 N–H and O–H groups in total. The van der Waals surface area contributed by atoms with Crippen LogP contribution in [0, 0.1) is 5.92 Å². The predicted molar refractivity (Wildman–Crippen MR) is 113 cm³/mol. The number of para-hydroxylation sites is 1. The molecule has 0 aliphatic carbocycles. The SMILES string of the molecule is COC(=O)[C@@H]1[C@H]2c3ccccc3O[C@@]1(C)N=c1s/c(=C\c3ccc(Cl)cc3)c(=O)n12. The highest BCUT2D eigenvalue weighted by atomic mass is 35.5. The predicted octanol–water partition coefficient (Wildman–Crippen LogP) is 2.51. The number of thiazole rings is 1. The van der Waals surface area contributed by atoms with Crippen LogP contribution in [0.4, 0.5) is 0 Å². The van der Waals surface area contributed by atoms with Gasteiger partial charge in [-0.05, 0) is 36.8 Å². The number of hydrogen-bond acceptors (Lipinski definition) is 6. The van der Waals surface area contributed by atoms with E-state index in [1.807, 2.05) is 36.4 Å². The molecule has 8 heteroatoms. The van der Waals surface area contributed by atoms with Gasteiger partial charge in [-0.25, -0.2) is 4.99 Å². The van der Waals surface area contributed by atoms with Crippen molar-refractivity contribution in [1.29, 1.82) is 0 Å². The van der Waals surface area contributed by atoms with Gasteiger partial charge in [0.25, 0.3) is 5.56 Å². The first-order valence-electron chi connectivity index (χ1n) is 9.35. The topological polar surface area (TPSA) is 69.9 Å². The average Bonchev–Trinajstić information content (AvgIpc) is 3.02. The fourth-order valence-corrected chi connectivity index (χ4v) is 5.37. The summed E-state index contributed by atoms with van der Waals surface area (Å²) >= 11 is 7.24. The van der Waals surface area contributed by atoms with Crippen LogP contribution in [0.25, 0.3) is 6.08 Å². The van der Waals surface area contributed by atoms with Crippen LogP contribution in [0.3, 0.4) is 0 Å². The van der Waals surface area contributed by atoms with E-state index in [1.165, 1.54) is 18.4 Å². The summed E-state index contributed by atoms with van der Waals surface area (Å²) in [5.74, 6) is -0.630. The van der Waals surface area contributed by atoms with E-state index < -0.39 is 23.7 Å². The van der Waals surface area contributed by atoms with E-state index in [4.69, 9.17) is 26.1 Å². The van der Waals surface area contributed by atoms with E-state index in [1.54, 1.807) is 29.7 Å². The third kappa shape index (κ3) is 2.80. The van der Waals surface area contributed by atoms with Crippen molar-refractivity contribution >= 4 is 35.0 Å². The Morgan fingerprint density at radius 1 is 1.27 bits per heavy atom. The van der Waals surface area contributed by atoms with E-state index in [9.17, 15) is 9.59 Å². The Morgan fingerprint density at radius 2 is 2.00 bits per heavy atom. The molecule has 1 aromatic heterocycles. The number of nitrogens with zero attached hydrogens (tertiary/aromatic N) is 2. The Labute approximate surface area is 180 Å². The highest BCUT2D eigenvalue weighted by Gasteiger charge is 2.55. The van der Waals surface area contributed by atoms with Gasteiger partial charge in [-0.2, -0.15) is 0 Å². The zero-order valence-electron chi connectivity index (χ0n) is 16.2. The molecule has 2 aliphatic rings. The molecule has 3 aromatic rings. The maximum Gasteiger partial charge on any atom is 0.317 e. The maximum absolute atomic E-state index is 13.4. The van der Waals surface area contributed by atoms with Crippen LogP contribution in [0.1, 0.15) is 24.1 Å². The molecule has 3 heterocycles. The molecule has 5 rings (SSSR count). The number of fused-ring (bicyclic) bond motifs is 6. The number of methoxy groups -OCH3 is 1. The third-order valence-corrected chi connectivity index (χ3v) is 6.74. The maximum atomic E-state index is 13.4. The minimum Gasteiger partial charge on any atom is -0.469 e. The van der Waals surface area contributed by atoms with Crippen molar-refractivity contribution < 1.29 is 14.3 Å². The zero-order valence-corrected chi connectivity index (χ0v) is 17.7. The van der Waals surface area contributed by atoms with Gasteiger partial charge in [0, 0.05) is 10.6 Å². The third-order valence-electron chi connectivity index (χ3n) is 5.50. The Balaban J connectivity index is 1.79. The number of benzene rings is 2. The average molecular weight is 441 g/mol. The quantitative estimate of drug-likeness (QED) is 0.574. The molecular formula is C22H17ClN2O4S. The fraction of sp³-hybridized carbons (Fsp3) is 0.227. The number of halogens is 1. The number of hydrogen-bond donors (Lipinski definition) is 0. The normalized spacial score (nSPS) is 24.3. The van der Waals surface area contributed by atoms with Crippen molar-refractivity contribution in [1.82, 2.24) is 4.57 Å². The Morgan fingerprint density at radius 3 is 2.73 bits per heavy atom. The summed E-state index contributed by atoms with van der Waals surface area (Å²) < 4.78 is 13.3. The minimum absolute atomic E-state index is 0.202. The van der Waals surface area contributed by atoms with Crippen molar-refractivity contribution in [3.63, 3.8) is 0 Å². The standard InChI is InChI=1S/C22H17ClN2O4S/c1-22-17(20(27)28-2)18(14-5-3-4-6-15(14)29-22)25-19(26)16(30-21(25)24-22)11-12-7-9-13(23)10-8-12/h3-11,17-18H,1-2H3/b16-11-/t17-,18+,22+/m0/s1. The summed E-state index contributed by atoms with van der Waals surface area (Å²) in [5.41, 5.74) is 0.248. The van der Waals surface area contributed by atoms with Gasteiger partial charge in [0.15, 0.2) is 4.80 Å². The highest BCUT2D eigenvalue weighted by Crippen LogP contribution is 2.47. The van der Waals surface area contributed by atoms with Gasteiger partial charge >= 0.3 is 5.97 Å². The summed E-state index contributed by atoms with van der Waals surface area (Å²) in [7, 11) is 1.33. The van der Waals surface area contributed by atoms with E-state index in [0.29, 0.717) is 20.1 Å². The van der Waals surface area contributed by atoms with Crippen LogP contribution >= 0.6 is 22.9 Å². The summed E-state index contributed by atoms with van der Waals surface area (Å²) in [4.78, 5) is 31.4. The van der Waals surface area contributed by atoms with Crippen LogP contribution in [0.15, 0.2) is 58.3 Å². The van der Waals surface area contributed by atoms with Gasteiger partial charge in [0.05, 0.1) is 17.7 Å². The molecule has 6 nitrogen and oxygen atoms in total. The molecule has 2 aliphatic heterocycles. The van der Waals surface area contributed by atoms with Crippen molar-refractivity contribution in [3.8, 4) is 5.75 Å². The molecule has 0 unspecified atom stereocenters. The van der Waals surface area contributed by atoms with Gasteiger partial charge in [0.1, 0.15) is 11.7 Å². The second-order valence-corrected chi connectivity index (χ2v) is 8.82. The van der Waals surface area contributed by atoms with E-state index >= 15 is 0 Å². The van der Waals surface area contributed by atoms with Crippen LogP contribution < -0.4 is 19.6 Å². The van der Waals surface area contributed by atoms with Crippen molar-refractivity contribution in [3.05, 3.63) is 84.4 Å². The Hall–Kier alpha value is -2.90. The molecule has 2 bridgehead atoms. The van der Waals surface area contributed by atoms with Crippen LogP contribution in [-0.4, -0.2) is 23.4 Å². The molecule has 0 saturated heterocycles. The molecule has 152 valence electrons. The number of ether oxygens (including phenoxy) is 2.